The van der Waals surface area contributed by atoms with E-state index in [4.69, 9.17) is 5.11 Å². The summed E-state index contributed by atoms with van der Waals surface area (Å²) in [5.74, 6) is -0.941. The van der Waals surface area contributed by atoms with E-state index in [1.807, 2.05) is 24.3 Å². The Morgan fingerprint density at radius 3 is 2.19 bits per heavy atom. The zero-order valence-electron chi connectivity index (χ0n) is 12.0. The van der Waals surface area contributed by atoms with Gasteiger partial charge in [0.1, 0.15) is 0 Å². The number of benzene rings is 2. The van der Waals surface area contributed by atoms with Crippen LogP contribution in [0.3, 0.4) is 0 Å². The van der Waals surface area contributed by atoms with Crippen molar-refractivity contribution in [2.45, 2.75) is 19.8 Å². The summed E-state index contributed by atoms with van der Waals surface area (Å²) in [7, 11) is 0. The molecule has 4 nitrogen and oxygen atoms in total. The van der Waals surface area contributed by atoms with Gasteiger partial charge in [-0.2, -0.15) is 0 Å². The number of carbonyl (C=O) groups is 2. The van der Waals surface area contributed by atoms with Crippen LogP contribution < -0.4 is 5.32 Å². The molecule has 108 valence electrons. The molecule has 4 heteroatoms. The predicted molar refractivity (Wildman–Crippen MR) is 81.9 cm³/mol. The first kappa shape index (κ1) is 14.8. The minimum atomic E-state index is -1.05. The maximum Gasteiger partial charge on any atom is 0.335 e. The van der Waals surface area contributed by atoms with Gasteiger partial charge in [0.25, 0.3) is 5.91 Å². The summed E-state index contributed by atoms with van der Waals surface area (Å²) in [6.45, 7) is 4.20. The second-order valence-electron chi connectivity index (χ2n) is 5.12. The van der Waals surface area contributed by atoms with E-state index in [0.717, 1.165) is 0 Å². The summed E-state index contributed by atoms with van der Waals surface area (Å²) < 4.78 is 0. The molecule has 0 aliphatic carbocycles. The number of hydrogen-bond acceptors (Lipinski definition) is 2. The van der Waals surface area contributed by atoms with Crippen molar-refractivity contribution in [3.63, 3.8) is 0 Å². The lowest BCUT2D eigenvalue weighted by atomic mass is 10.0. The Morgan fingerprint density at radius 2 is 1.62 bits per heavy atom. The highest BCUT2D eigenvalue weighted by Gasteiger charge is 2.10. The number of carboxylic acid groups (broad SMARTS) is 1. The number of carbonyl (C=O) groups excluding carboxylic acids is 1. The molecule has 0 radical (unpaired) electrons. The zero-order valence-corrected chi connectivity index (χ0v) is 12.0. The number of nitrogens with one attached hydrogen (secondary N) is 1. The van der Waals surface area contributed by atoms with Gasteiger partial charge in [0.15, 0.2) is 0 Å². The Morgan fingerprint density at radius 1 is 1.00 bits per heavy atom. The van der Waals surface area contributed by atoms with E-state index in [2.05, 4.69) is 19.2 Å². The quantitative estimate of drug-likeness (QED) is 0.897. The van der Waals surface area contributed by atoms with Crippen LogP contribution in [0.4, 0.5) is 5.69 Å². The second-order valence-corrected chi connectivity index (χ2v) is 5.12. The van der Waals surface area contributed by atoms with E-state index < -0.39 is 5.97 Å². The fourth-order valence-corrected chi connectivity index (χ4v) is 1.95. The third kappa shape index (κ3) is 3.69. The SMILES string of the molecule is CC(C)c1ccc(NC(=O)c2cccc(C(=O)O)c2)cc1. The first-order valence-corrected chi connectivity index (χ1v) is 6.72. The van der Waals surface area contributed by atoms with E-state index in [9.17, 15) is 9.59 Å². The van der Waals surface area contributed by atoms with Crippen molar-refractivity contribution in [2.24, 2.45) is 0 Å². The topological polar surface area (TPSA) is 66.4 Å². The smallest absolute Gasteiger partial charge is 0.335 e. The first-order chi connectivity index (χ1) is 9.97. The highest BCUT2D eigenvalue weighted by Crippen LogP contribution is 2.18. The molecular weight excluding hydrogens is 266 g/mol. The molecule has 1 amide bonds. The maximum atomic E-state index is 12.1. The minimum absolute atomic E-state index is 0.0952. The van der Waals surface area contributed by atoms with Crippen LogP contribution in [-0.2, 0) is 0 Å². The van der Waals surface area contributed by atoms with Crippen LogP contribution in [0.15, 0.2) is 48.5 Å². The lowest BCUT2D eigenvalue weighted by Crippen LogP contribution is -2.12. The van der Waals surface area contributed by atoms with Crippen molar-refractivity contribution in [1.82, 2.24) is 0 Å². The third-order valence-corrected chi connectivity index (χ3v) is 3.21. The molecule has 2 N–H and O–H groups in total. The summed E-state index contributed by atoms with van der Waals surface area (Å²) in [4.78, 5) is 23.0. The van der Waals surface area contributed by atoms with Gasteiger partial charge in [0, 0.05) is 11.3 Å². The average Bonchev–Trinajstić information content (AvgIpc) is 2.48. The van der Waals surface area contributed by atoms with Gasteiger partial charge in [0.2, 0.25) is 0 Å². The average molecular weight is 283 g/mol. The van der Waals surface area contributed by atoms with E-state index in [0.29, 0.717) is 17.2 Å². The largest absolute Gasteiger partial charge is 0.478 e. The van der Waals surface area contributed by atoms with Gasteiger partial charge in [-0.15, -0.1) is 0 Å². The first-order valence-electron chi connectivity index (χ1n) is 6.72. The summed E-state index contributed by atoms with van der Waals surface area (Å²) in [5.41, 5.74) is 2.30. The van der Waals surface area contributed by atoms with Crippen molar-refractivity contribution >= 4 is 17.6 Å². The normalized spacial score (nSPS) is 10.4. The van der Waals surface area contributed by atoms with E-state index >= 15 is 0 Å². The molecule has 0 saturated carbocycles. The molecule has 0 aliphatic heterocycles. The minimum Gasteiger partial charge on any atom is -0.478 e. The number of anilines is 1. The molecular formula is C17H17NO3. The van der Waals surface area contributed by atoms with Gasteiger partial charge in [-0.25, -0.2) is 4.79 Å². The molecule has 0 atom stereocenters. The summed E-state index contributed by atoms with van der Waals surface area (Å²) in [6.07, 6.45) is 0. The summed E-state index contributed by atoms with van der Waals surface area (Å²) >= 11 is 0. The van der Waals surface area contributed by atoms with Crippen LogP contribution in [0.2, 0.25) is 0 Å². The van der Waals surface area contributed by atoms with Gasteiger partial charge < -0.3 is 10.4 Å². The number of rotatable bonds is 4. The van der Waals surface area contributed by atoms with E-state index in [1.165, 1.54) is 17.7 Å². The molecule has 2 aromatic carbocycles. The molecule has 0 unspecified atom stereocenters. The van der Waals surface area contributed by atoms with E-state index in [-0.39, 0.29) is 11.5 Å². The summed E-state index contributed by atoms with van der Waals surface area (Å²) in [6, 6.07) is 13.6. The van der Waals surface area contributed by atoms with Crippen LogP contribution in [0.25, 0.3) is 0 Å². The van der Waals surface area contributed by atoms with Gasteiger partial charge in [-0.3, -0.25) is 4.79 Å². The monoisotopic (exact) mass is 283 g/mol. The Balaban J connectivity index is 2.14. The Labute approximate surface area is 123 Å². The van der Waals surface area contributed by atoms with Crippen molar-refractivity contribution in [3.8, 4) is 0 Å². The number of aromatic carboxylic acids is 1. The molecule has 21 heavy (non-hydrogen) atoms. The molecule has 2 aromatic rings. The Kier molecular flexibility index (Phi) is 4.38. The molecule has 2 rings (SSSR count). The second kappa shape index (κ2) is 6.22. The maximum absolute atomic E-state index is 12.1. The zero-order chi connectivity index (χ0) is 15.4. The number of hydrogen-bond donors (Lipinski definition) is 2. The molecule has 0 spiro atoms. The van der Waals surface area contributed by atoms with Crippen LogP contribution in [0.5, 0.6) is 0 Å². The highest BCUT2D eigenvalue weighted by atomic mass is 16.4. The predicted octanol–water partition coefficient (Wildman–Crippen LogP) is 3.76. The van der Waals surface area contributed by atoms with Crippen LogP contribution in [0.1, 0.15) is 46.0 Å². The van der Waals surface area contributed by atoms with E-state index in [1.54, 1.807) is 12.1 Å². The number of amides is 1. The van der Waals surface area contributed by atoms with Crippen molar-refractivity contribution in [3.05, 3.63) is 65.2 Å². The van der Waals surface area contributed by atoms with Gasteiger partial charge in [-0.1, -0.05) is 32.0 Å². The fourth-order valence-electron chi connectivity index (χ4n) is 1.95. The molecule has 0 aromatic heterocycles. The Bertz CT molecular complexity index is 660. The molecule has 0 bridgehead atoms. The molecule has 0 aliphatic rings. The highest BCUT2D eigenvalue weighted by molar-refractivity contribution is 6.05. The van der Waals surface area contributed by atoms with Crippen molar-refractivity contribution < 1.29 is 14.7 Å². The van der Waals surface area contributed by atoms with Crippen LogP contribution in [0, 0.1) is 0 Å². The van der Waals surface area contributed by atoms with Gasteiger partial charge >= 0.3 is 5.97 Å². The lowest BCUT2D eigenvalue weighted by Gasteiger charge is -2.08. The van der Waals surface area contributed by atoms with Crippen LogP contribution >= 0.6 is 0 Å². The summed E-state index contributed by atoms with van der Waals surface area (Å²) in [5, 5.41) is 11.7. The fraction of sp³-hybridized carbons (Fsp3) is 0.176. The van der Waals surface area contributed by atoms with Crippen molar-refractivity contribution in [2.75, 3.05) is 5.32 Å². The molecule has 0 fully saturated rings. The Hall–Kier alpha value is -2.62. The lowest BCUT2D eigenvalue weighted by molar-refractivity contribution is 0.0697. The van der Waals surface area contributed by atoms with Crippen molar-refractivity contribution in [1.29, 1.82) is 0 Å². The number of carboxylic acids is 1. The van der Waals surface area contributed by atoms with Gasteiger partial charge in [0.05, 0.1) is 5.56 Å². The molecule has 0 heterocycles. The molecule has 0 saturated heterocycles. The van der Waals surface area contributed by atoms with Gasteiger partial charge in [-0.05, 0) is 41.8 Å². The third-order valence-electron chi connectivity index (χ3n) is 3.21. The standard InChI is InChI=1S/C17H17NO3/c1-11(2)12-6-8-15(9-7-12)18-16(19)13-4-3-5-14(10-13)17(20)21/h3-11H,1-2H3,(H,18,19)(H,20,21). The van der Waals surface area contributed by atoms with Crippen LogP contribution in [-0.4, -0.2) is 17.0 Å².